The fourth-order valence-electron chi connectivity index (χ4n) is 2.18. The van der Waals surface area contributed by atoms with E-state index in [1.54, 1.807) is 25.1 Å². The first-order chi connectivity index (χ1) is 9.47. The highest BCUT2D eigenvalue weighted by Gasteiger charge is 2.26. The molecule has 1 amide bonds. The Morgan fingerprint density at radius 2 is 2.00 bits per heavy atom. The van der Waals surface area contributed by atoms with Gasteiger partial charge in [-0.3, -0.25) is 4.79 Å². The molecule has 1 fully saturated rings. The van der Waals surface area contributed by atoms with Gasteiger partial charge in [0.15, 0.2) is 6.10 Å². The highest BCUT2D eigenvalue weighted by atomic mass is 35.5. The summed E-state index contributed by atoms with van der Waals surface area (Å²) in [5, 5.41) is 0.961. The minimum absolute atomic E-state index is 0.00326. The van der Waals surface area contributed by atoms with Crippen molar-refractivity contribution in [1.82, 2.24) is 4.90 Å². The Hall–Kier alpha value is -0.970. The van der Waals surface area contributed by atoms with Crippen molar-refractivity contribution in [3.8, 4) is 5.75 Å². The standard InChI is InChI=1S/C14H18Cl2N2O2/c1-10(14(19)18-7-5-17(2)6-8-18)20-13-4-3-11(15)9-12(13)16/h3-4,9-10H,5-8H2,1-2H3/p+1/t10-/m1/s1. The van der Waals surface area contributed by atoms with Crippen LogP contribution in [0.3, 0.4) is 0 Å². The molecule has 110 valence electrons. The van der Waals surface area contributed by atoms with Crippen LogP contribution in [0, 0.1) is 0 Å². The number of hydrogen-bond acceptors (Lipinski definition) is 2. The molecule has 1 aliphatic heterocycles. The zero-order valence-electron chi connectivity index (χ0n) is 11.7. The number of rotatable bonds is 3. The molecule has 1 aromatic rings. The first-order valence-electron chi connectivity index (χ1n) is 6.69. The Kier molecular flexibility index (Phi) is 5.13. The Bertz CT molecular complexity index is 488. The molecule has 6 heteroatoms. The SMILES string of the molecule is C[C@@H](Oc1ccc(Cl)cc1Cl)C(=O)N1CC[NH+](C)CC1. The van der Waals surface area contributed by atoms with E-state index in [0.717, 1.165) is 26.2 Å². The van der Waals surface area contributed by atoms with E-state index >= 15 is 0 Å². The summed E-state index contributed by atoms with van der Waals surface area (Å²) in [5.41, 5.74) is 0. The van der Waals surface area contributed by atoms with Crippen molar-refractivity contribution >= 4 is 29.1 Å². The molecule has 1 aliphatic rings. The first-order valence-corrected chi connectivity index (χ1v) is 7.45. The topological polar surface area (TPSA) is 34.0 Å². The fourth-order valence-corrected chi connectivity index (χ4v) is 2.63. The van der Waals surface area contributed by atoms with E-state index in [0.29, 0.717) is 15.8 Å². The molecule has 0 aromatic heterocycles. The summed E-state index contributed by atoms with van der Waals surface area (Å²) in [7, 11) is 2.13. The number of hydrogen-bond donors (Lipinski definition) is 1. The summed E-state index contributed by atoms with van der Waals surface area (Å²) in [6, 6.07) is 4.98. The predicted molar refractivity (Wildman–Crippen MR) is 79.8 cm³/mol. The zero-order chi connectivity index (χ0) is 14.7. The summed E-state index contributed by atoms with van der Waals surface area (Å²) in [6.45, 7) is 5.23. The molecule has 4 nitrogen and oxygen atoms in total. The third-order valence-electron chi connectivity index (χ3n) is 3.47. The number of amides is 1. The predicted octanol–water partition coefficient (Wildman–Crippen LogP) is 1.12. The van der Waals surface area contributed by atoms with E-state index in [-0.39, 0.29) is 5.91 Å². The second-order valence-corrected chi connectivity index (χ2v) is 5.96. The summed E-state index contributed by atoms with van der Waals surface area (Å²) in [5.74, 6) is 0.486. The number of halogens is 2. The lowest BCUT2D eigenvalue weighted by Gasteiger charge is -2.31. The second-order valence-electron chi connectivity index (χ2n) is 5.12. The quantitative estimate of drug-likeness (QED) is 0.906. The fraction of sp³-hybridized carbons (Fsp3) is 0.500. The van der Waals surface area contributed by atoms with Crippen LogP contribution in [-0.2, 0) is 4.79 Å². The van der Waals surface area contributed by atoms with Crippen LogP contribution < -0.4 is 9.64 Å². The molecule has 2 rings (SSSR count). The molecule has 1 atom stereocenters. The summed E-state index contributed by atoms with van der Waals surface area (Å²) in [4.78, 5) is 15.6. The van der Waals surface area contributed by atoms with Crippen molar-refractivity contribution in [3.63, 3.8) is 0 Å². The van der Waals surface area contributed by atoms with E-state index in [1.165, 1.54) is 4.90 Å². The van der Waals surface area contributed by atoms with Crippen LogP contribution in [0.1, 0.15) is 6.92 Å². The maximum atomic E-state index is 12.3. The lowest BCUT2D eigenvalue weighted by Crippen LogP contribution is -3.12. The molecule has 1 N–H and O–H groups in total. The molecule has 0 spiro atoms. The van der Waals surface area contributed by atoms with Gasteiger partial charge < -0.3 is 14.5 Å². The molecule has 0 radical (unpaired) electrons. The Balaban J connectivity index is 1.97. The molecule has 20 heavy (non-hydrogen) atoms. The van der Waals surface area contributed by atoms with Gasteiger partial charge >= 0.3 is 0 Å². The number of nitrogens with one attached hydrogen (secondary N) is 1. The van der Waals surface area contributed by atoms with E-state index in [4.69, 9.17) is 27.9 Å². The van der Waals surface area contributed by atoms with Crippen LogP contribution in [0.25, 0.3) is 0 Å². The summed E-state index contributed by atoms with van der Waals surface area (Å²) in [6.07, 6.45) is -0.549. The van der Waals surface area contributed by atoms with Crippen molar-refractivity contribution in [2.45, 2.75) is 13.0 Å². The van der Waals surface area contributed by atoms with Gasteiger partial charge in [0.25, 0.3) is 5.91 Å². The number of ether oxygens (including phenoxy) is 1. The van der Waals surface area contributed by atoms with Crippen molar-refractivity contribution < 1.29 is 14.4 Å². The van der Waals surface area contributed by atoms with Crippen LogP contribution in [0.5, 0.6) is 5.75 Å². The minimum Gasteiger partial charge on any atom is -0.479 e. The van der Waals surface area contributed by atoms with Gasteiger partial charge in [0.2, 0.25) is 0 Å². The molecule has 0 unspecified atom stereocenters. The smallest absolute Gasteiger partial charge is 0.263 e. The minimum atomic E-state index is -0.549. The lowest BCUT2D eigenvalue weighted by atomic mass is 10.2. The summed E-state index contributed by atoms with van der Waals surface area (Å²) < 4.78 is 5.65. The van der Waals surface area contributed by atoms with Gasteiger partial charge in [0.1, 0.15) is 5.75 Å². The lowest BCUT2D eigenvalue weighted by molar-refractivity contribution is -0.883. The van der Waals surface area contributed by atoms with Crippen LogP contribution in [0.2, 0.25) is 10.0 Å². The Morgan fingerprint density at radius 3 is 2.60 bits per heavy atom. The van der Waals surface area contributed by atoms with Crippen LogP contribution in [0.4, 0.5) is 0 Å². The van der Waals surface area contributed by atoms with Crippen molar-refractivity contribution in [1.29, 1.82) is 0 Å². The maximum Gasteiger partial charge on any atom is 0.263 e. The van der Waals surface area contributed by atoms with Gasteiger partial charge in [-0.2, -0.15) is 0 Å². The average Bonchev–Trinajstić information content (AvgIpc) is 2.42. The number of piperazine rings is 1. The van der Waals surface area contributed by atoms with Gasteiger partial charge in [-0.25, -0.2) is 0 Å². The molecule has 0 bridgehead atoms. The molecule has 1 heterocycles. The van der Waals surface area contributed by atoms with E-state index in [9.17, 15) is 4.79 Å². The van der Waals surface area contributed by atoms with Crippen molar-refractivity contribution in [2.24, 2.45) is 0 Å². The first kappa shape index (κ1) is 15.4. The molecule has 1 saturated heterocycles. The van der Waals surface area contributed by atoms with E-state index in [1.807, 2.05) is 4.90 Å². The molecule has 0 aliphatic carbocycles. The number of likely N-dealkylation sites (N-methyl/N-ethyl adjacent to an activating group) is 1. The van der Waals surface area contributed by atoms with E-state index < -0.39 is 6.10 Å². The number of benzene rings is 1. The number of carbonyl (C=O) groups excluding carboxylic acids is 1. The van der Waals surface area contributed by atoms with Crippen molar-refractivity contribution in [2.75, 3.05) is 33.2 Å². The molecular formula is C14H19Cl2N2O2+. The Morgan fingerprint density at radius 1 is 1.35 bits per heavy atom. The maximum absolute atomic E-state index is 12.3. The van der Waals surface area contributed by atoms with Crippen LogP contribution in [0.15, 0.2) is 18.2 Å². The molecule has 1 aromatic carbocycles. The van der Waals surface area contributed by atoms with Crippen LogP contribution >= 0.6 is 23.2 Å². The van der Waals surface area contributed by atoms with Crippen LogP contribution in [-0.4, -0.2) is 50.1 Å². The van der Waals surface area contributed by atoms with Gasteiger partial charge in [-0.05, 0) is 25.1 Å². The molecular weight excluding hydrogens is 299 g/mol. The highest BCUT2D eigenvalue weighted by molar-refractivity contribution is 6.35. The van der Waals surface area contributed by atoms with Gasteiger partial charge in [-0.1, -0.05) is 23.2 Å². The zero-order valence-corrected chi connectivity index (χ0v) is 13.2. The van der Waals surface area contributed by atoms with Gasteiger partial charge in [0.05, 0.1) is 38.2 Å². The summed E-state index contributed by atoms with van der Waals surface area (Å²) >= 11 is 11.9. The largest absolute Gasteiger partial charge is 0.479 e. The highest BCUT2D eigenvalue weighted by Crippen LogP contribution is 2.28. The third-order valence-corrected chi connectivity index (χ3v) is 4.00. The normalized spacial score (nSPS) is 17.9. The van der Waals surface area contributed by atoms with E-state index in [2.05, 4.69) is 7.05 Å². The average molecular weight is 318 g/mol. The third kappa shape index (κ3) is 3.78. The number of quaternary nitrogens is 1. The van der Waals surface area contributed by atoms with Gasteiger partial charge in [-0.15, -0.1) is 0 Å². The monoisotopic (exact) mass is 317 g/mol. The second kappa shape index (κ2) is 6.66. The number of carbonyl (C=O) groups is 1. The van der Waals surface area contributed by atoms with Crippen molar-refractivity contribution in [3.05, 3.63) is 28.2 Å². The molecule has 0 saturated carbocycles. The van der Waals surface area contributed by atoms with Gasteiger partial charge in [0, 0.05) is 5.02 Å². The Labute approximate surface area is 129 Å². The number of nitrogens with zero attached hydrogens (tertiary/aromatic N) is 1.